The number of likely N-dealkylation sites (tertiary alicyclic amines) is 1. The first kappa shape index (κ1) is 16.7. The van der Waals surface area contributed by atoms with Gasteiger partial charge >= 0.3 is 0 Å². The summed E-state index contributed by atoms with van der Waals surface area (Å²) in [5.41, 5.74) is 2.34. The molecule has 0 unspecified atom stereocenters. The molecule has 0 bridgehead atoms. The number of benzene rings is 1. The Morgan fingerprint density at radius 1 is 1.29 bits per heavy atom. The van der Waals surface area contributed by atoms with Crippen molar-refractivity contribution in [2.24, 2.45) is 0 Å². The third-order valence-corrected chi connectivity index (χ3v) is 4.32. The Hall–Kier alpha value is -2.18. The number of hydrogen-bond acceptors (Lipinski definition) is 4. The van der Waals surface area contributed by atoms with E-state index in [9.17, 15) is 4.79 Å². The zero-order valence-corrected chi connectivity index (χ0v) is 13.6. The molecule has 1 aliphatic heterocycles. The minimum absolute atomic E-state index is 0.0106. The van der Waals surface area contributed by atoms with Crippen molar-refractivity contribution in [3.05, 3.63) is 42.1 Å². The molecular weight excluding hydrogens is 306 g/mol. The van der Waals surface area contributed by atoms with E-state index in [1.807, 2.05) is 35.2 Å². The Bertz CT molecular complexity index is 649. The fourth-order valence-electron chi connectivity index (χ4n) is 2.98. The van der Waals surface area contributed by atoms with Crippen LogP contribution in [0.4, 0.5) is 0 Å². The van der Waals surface area contributed by atoms with E-state index in [0.717, 1.165) is 24.1 Å². The predicted octanol–water partition coefficient (Wildman–Crippen LogP) is 2.08. The molecule has 0 spiro atoms. The molecule has 24 heavy (non-hydrogen) atoms. The van der Waals surface area contributed by atoms with Gasteiger partial charge in [-0.1, -0.05) is 30.3 Å². The van der Waals surface area contributed by atoms with Crippen molar-refractivity contribution in [3.8, 4) is 11.3 Å². The lowest BCUT2D eigenvalue weighted by molar-refractivity contribution is 0.00400. The molecule has 2 heterocycles. The average Bonchev–Trinajstić information content (AvgIpc) is 3.12. The molecule has 3 rings (SSSR count). The van der Waals surface area contributed by atoms with Gasteiger partial charge in [0.15, 0.2) is 0 Å². The van der Waals surface area contributed by atoms with Gasteiger partial charge < -0.3 is 14.7 Å². The Morgan fingerprint density at radius 3 is 2.75 bits per heavy atom. The highest BCUT2D eigenvalue weighted by Crippen LogP contribution is 2.23. The maximum Gasteiger partial charge on any atom is 0.257 e. The average molecular weight is 329 g/mol. The number of carbonyl (C=O) groups excluding carboxylic acids is 1. The third-order valence-electron chi connectivity index (χ3n) is 4.32. The predicted molar refractivity (Wildman–Crippen MR) is 90.6 cm³/mol. The molecule has 1 aromatic heterocycles. The van der Waals surface area contributed by atoms with E-state index in [2.05, 4.69) is 10.2 Å². The molecule has 1 fully saturated rings. The summed E-state index contributed by atoms with van der Waals surface area (Å²) < 4.78 is 5.72. The molecule has 0 radical (unpaired) electrons. The summed E-state index contributed by atoms with van der Waals surface area (Å²) >= 11 is 0. The van der Waals surface area contributed by atoms with E-state index < -0.39 is 0 Å². The lowest BCUT2D eigenvalue weighted by Crippen LogP contribution is -2.41. The van der Waals surface area contributed by atoms with E-state index in [1.54, 1.807) is 6.20 Å². The number of piperidine rings is 1. The van der Waals surface area contributed by atoms with E-state index in [0.29, 0.717) is 31.7 Å². The maximum atomic E-state index is 12.8. The highest BCUT2D eigenvalue weighted by Gasteiger charge is 2.26. The SMILES string of the molecule is O=C(c1cn[nH]c1-c1ccccc1)N1CCC(OCCCO)CC1. The number of aromatic nitrogens is 2. The quantitative estimate of drug-likeness (QED) is 0.795. The van der Waals surface area contributed by atoms with Crippen LogP contribution < -0.4 is 0 Å². The number of aromatic amines is 1. The van der Waals surface area contributed by atoms with Crippen LogP contribution >= 0.6 is 0 Å². The molecule has 0 aliphatic carbocycles. The van der Waals surface area contributed by atoms with Crippen LogP contribution in [0.1, 0.15) is 29.6 Å². The fraction of sp³-hybridized carbons (Fsp3) is 0.444. The largest absolute Gasteiger partial charge is 0.396 e. The van der Waals surface area contributed by atoms with Crippen molar-refractivity contribution < 1.29 is 14.6 Å². The number of hydrogen-bond donors (Lipinski definition) is 2. The first-order valence-electron chi connectivity index (χ1n) is 8.40. The van der Waals surface area contributed by atoms with Gasteiger partial charge in [0, 0.05) is 31.9 Å². The van der Waals surface area contributed by atoms with Gasteiger partial charge in [-0.15, -0.1) is 0 Å². The van der Waals surface area contributed by atoms with Gasteiger partial charge in [0.25, 0.3) is 5.91 Å². The number of aliphatic hydroxyl groups excluding tert-OH is 1. The maximum absolute atomic E-state index is 12.8. The second-order valence-corrected chi connectivity index (χ2v) is 5.96. The molecule has 1 amide bonds. The monoisotopic (exact) mass is 329 g/mol. The van der Waals surface area contributed by atoms with Crippen LogP contribution in [0.25, 0.3) is 11.3 Å². The summed E-state index contributed by atoms with van der Waals surface area (Å²) in [6, 6.07) is 9.76. The second kappa shape index (κ2) is 8.08. The number of carbonyl (C=O) groups is 1. The van der Waals surface area contributed by atoms with Crippen molar-refractivity contribution in [2.75, 3.05) is 26.3 Å². The minimum atomic E-state index is 0.0106. The summed E-state index contributed by atoms with van der Waals surface area (Å²) in [6.07, 6.45) is 4.10. The van der Waals surface area contributed by atoms with E-state index >= 15 is 0 Å². The molecule has 6 heteroatoms. The number of H-pyrrole nitrogens is 1. The second-order valence-electron chi connectivity index (χ2n) is 5.96. The van der Waals surface area contributed by atoms with Gasteiger partial charge in [-0.3, -0.25) is 9.89 Å². The number of rotatable bonds is 6. The van der Waals surface area contributed by atoms with Crippen LogP contribution in [0.2, 0.25) is 0 Å². The van der Waals surface area contributed by atoms with Gasteiger partial charge in [0.2, 0.25) is 0 Å². The first-order chi connectivity index (χ1) is 11.8. The molecule has 2 N–H and O–H groups in total. The van der Waals surface area contributed by atoms with Gasteiger partial charge in [-0.05, 0) is 19.3 Å². The summed E-state index contributed by atoms with van der Waals surface area (Å²) in [6.45, 7) is 2.10. The van der Waals surface area contributed by atoms with E-state index in [1.165, 1.54) is 0 Å². The molecule has 6 nitrogen and oxygen atoms in total. The highest BCUT2D eigenvalue weighted by molar-refractivity contribution is 5.99. The van der Waals surface area contributed by atoms with Gasteiger partial charge in [-0.25, -0.2) is 0 Å². The molecule has 0 atom stereocenters. The van der Waals surface area contributed by atoms with Crippen molar-refractivity contribution >= 4 is 5.91 Å². The Balaban J connectivity index is 1.62. The number of nitrogens with zero attached hydrogens (tertiary/aromatic N) is 2. The van der Waals surface area contributed by atoms with E-state index in [-0.39, 0.29) is 18.6 Å². The summed E-state index contributed by atoms with van der Waals surface area (Å²) in [5.74, 6) is 0.0106. The number of ether oxygens (including phenoxy) is 1. The van der Waals surface area contributed by atoms with Crippen LogP contribution in [-0.4, -0.2) is 58.5 Å². The Morgan fingerprint density at radius 2 is 2.04 bits per heavy atom. The van der Waals surface area contributed by atoms with Gasteiger partial charge in [-0.2, -0.15) is 5.10 Å². The van der Waals surface area contributed by atoms with E-state index in [4.69, 9.17) is 9.84 Å². The van der Waals surface area contributed by atoms with Crippen LogP contribution in [0, 0.1) is 0 Å². The smallest absolute Gasteiger partial charge is 0.257 e. The minimum Gasteiger partial charge on any atom is -0.396 e. The number of aliphatic hydroxyl groups is 1. The van der Waals surface area contributed by atoms with Gasteiger partial charge in [0.05, 0.1) is 23.6 Å². The zero-order chi connectivity index (χ0) is 16.8. The van der Waals surface area contributed by atoms with Crippen LogP contribution in [-0.2, 0) is 4.74 Å². The first-order valence-corrected chi connectivity index (χ1v) is 8.40. The summed E-state index contributed by atoms with van der Waals surface area (Å²) in [5, 5.41) is 15.8. The standard InChI is InChI=1S/C18H23N3O3/c22-11-4-12-24-15-7-9-21(10-8-15)18(23)16-13-19-20-17(16)14-5-2-1-3-6-14/h1-3,5-6,13,15,22H,4,7-12H2,(H,19,20). The Labute approximate surface area is 141 Å². The molecule has 1 aliphatic rings. The third kappa shape index (κ3) is 3.83. The van der Waals surface area contributed by atoms with Gasteiger partial charge in [0.1, 0.15) is 0 Å². The molecule has 128 valence electrons. The van der Waals surface area contributed by atoms with Crippen molar-refractivity contribution in [3.63, 3.8) is 0 Å². The van der Waals surface area contributed by atoms with Crippen molar-refractivity contribution in [2.45, 2.75) is 25.4 Å². The van der Waals surface area contributed by atoms with Crippen LogP contribution in [0.15, 0.2) is 36.5 Å². The summed E-state index contributed by atoms with van der Waals surface area (Å²) in [7, 11) is 0. The van der Waals surface area contributed by atoms with Crippen molar-refractivity contribution in [1.29, 1.82) is 0 Å². The number of amides is 1. The molecule has 0 saturated carbocycles. The molecule has 2 aromatic rings. The molecule has 1 aromatic carbocycles. The Kier molecular flexibility index (Phi) is 5.61. The van der Waals surface area contributed by atoms with Crippen LogP contribution in [0.3, 0.4) is 0 Å². The topological polar surface area (TPSA) is 78.5 Å². The number of nitrogens with one attached hydrogen (secondary N) is 1. The zero-order valence-electron chi connectivity index (χ0n) is 13.6. The van der Waals surface area contributed by atoms with Crippen molar-refractivity contribution in [1.82, 2.24) is 15.1 Å². The summed E-state index contributed by atoms with van der Waals surface area (Å²) in [4.78, 5) is 14.7. The molecular formula is C18H23N3O3. The fourth-order valence-corrected chi connectivity index (χ4v) is 2.98. The lowest BCUT2D eigenvalue weighted by Gasteiger charge is -2.32. The highest BCUT2D eigenvalue weighted by atomic mass is 16.5. The lowest BCUT2D eigenvalue weighted by atomic mass is 10.0. The normalized spacial score (nSPS) is 15.6. The van der Waals surface area contributed by atoms with Crippen LogP contribution in [0.5, 0.6) is 0 Å². The molecule has 1 saturated heterocycles.